The molecule has 1 N–H and O–H groups in total. The topological polar surface area (TPSA) is 46.5 Å². The van der Waals surface area contributed by atoms with E-state index in [0.717, 1.165) is 18.6 Å². The van der Waals surface area contributed by atoms with Gasteiger partial charge in [-0.1, -0.05) is 53.2 Å². The van der Waals surface area contributed by atoms with Crippen molar-refractivity contribution in [3.05, 3.63) is 23.8 Å². The largest absolute Gasteiger partial charge is 0.417 e. The molecule has 3 fully saturated rings. The Balaban J connectivity index is 1.53. The van der Waals surface area contributed by atoms with Crippen LogP contribution >= 0.6 is 0 Å². The summed E-state index contributed by atoms with van der Waals surface area (Å²) in [5.74, 6) is 2.65. The highest BCUT2D eigenvalue weighted by Crippen LogP contribution is 2.67. The monoisotopic (exact) mass is 458 g/mol. The van der Waals surface area contributed by atoms with Crippen LogP contribution in [0.15, 0.2) is 23.8 Å². The van der Waals surface area contributed by atoms with E-state index in [1.807, 2.05) is 6.08 Å². The molecule has 0 aromatic heterocycles. The number of aliphatic hydroxyl groups is 1. The molecule has 180 valence electrons. The molecule has 0 bridgehead atoms. The van der Waals surface area contributed by atoms with Crippen LogP contribution in [-0.4, -0.2) is 31.9 Å². The fourth-order valence-electron chi connectivity index (χ4n) is 7.82. The Morgan fingerprint density at radius 3 is 2.53 bits per heavy atom. The van der Waals surface area contributed by atoms with Crippen molar-refractivity contribution in [2.45, 2.75) is 97.9 Å². The normalized spacial score (nSPS) is 42.7. The lowest BCUT2D eigenvalue weighted by molar-refractivity contribution is -0.113. The molecule has 0 aromatic rings. The van der Waals surface area contributed by atoms with Crippen molar-refractivity contribution in [2.24, 2.45) is 40.4 Å². The van der Waals surface area contributed by atoms with E-state index in [1.54, 1.807) is 6.08 Å². The minimum atomic E-state index is -1.74. The Hall–Kier alpha value is -0.713. The molecule has 0 aromatic carbocycles. The smallest absolute Gasteiger partial charge is 0.191 e. The maximum atomic E-state index is 12.0. The second-order valence-electron chi connectivity index (χ2n) is 13.5. The molecule has 4 heteroatoms. The molecular formula is C28H46O3Si. The predicted molar refractivity (Wildman–Crippen MR) is 134 cm³/mol. The minimum Gasteiger partial charge on any atom is -0.417 e. The van der Waals surface area contributed by atoms with E-state index in [0.29, 0.717) is 36.0 Å². The zero-order chi connectivity index (χ0) is 23.7. The van der Waals surface area contributed by atoms with Crippen LogP contribution in [0.2, 0.25) is 18.1 Å². The molecular weight excluding hydrogens is 412 g/mol. The number of fused-ring (bicyclic) bond motifs is 5. The van der Waals surface area contributed by atoms with Gasteiger partial charge in [0, 0.05) is 12.0 Å². The van der Waals surface area contributed by atoms with Gasteiger partial charge in [-0.3, -0.25) is 4.79 Å². The molecule has 0 amide bonds. The molecule has 4 aliphatic carbocycles. The van der Waals surface area contributed by atoms with Gasteiger partial charge in [-0.25, -0.2) is 0 Å². The molecule has 8 atom stereocenters. The number of ketones is 1. The first-order valence-corrected chi connectivity index (χ1v) is 15.9. The number of carbonyl (C=O) groups excluding carboxylic acids is 1. The third-order valence-electron chi connectivity index (χ3n) is 10.9. The Labute approximate surface area is 197 Å². The SMILES string of the molecule is C[C@H](CO[Si](C)(C)C(C)(C)C)[C@H]1CC[C@H]2[C@@H]3C(O)CC4=CC(=O)C=C[C@]4(C)[C@H]3CC[C@]12C. The van der Waals surface area contributed by atoms with Crippen LogP contribution in [0, 0.1) is 40.4 Å². The highest BCUT2D eigenvalue weighted by molar-refractivity contribution is 6.74. The van der Waals surface area contributed by atoms with Crippen molar-refractivity contribution >= 4 is 14.1 Å². The summed E-state index contributed by atoms with van der Waals surface area (Å²) < 4.78 is 6.66. The number of carbonyl (C=O) groups is 1. The molecule has 0 saturated heterocycles. The van der Waals surface area contributed by atoms with E-state index in [1.165, 1.54) is 19.3 Å². The van der Waals surface area contributed by atoms with E-state index < -0.39 is 8.32 Å². The summed E-state index contributed by atoms with van der Waals surface area (Å²) in [7, 11) is -1.74. The van der Waals surface area contributed by atoms with Gasteiger partial charge in [0.1, 0.15) is 0 Å². The lowest BCUT2D eigenvalue weighted by Crippen LogP contribution is -2.55. The summed E-state index contributed by atoms with van der Waals surface area (Å²) >= 11 is 0. The minimum absolute atomic E-state index is 0.0612. The maximum absolute atomic E-state index is 12.0. The number of allylic oxidation sites excluding steroid dienone is 3. The molecule has 3 nitrogen and oxygen atoms in total. The Bertz CT molecular complexity index is 821. The van der Waals surface area contributed by atoms with Crippen LogP contribution in [0.1, 0.15) is 73.6 Å². The van der Waals surface area contributed by atoms with E-state index in [4.69, 9.17) is 4.43 Å². The molecule has 0 radical (unpaired) electrons. The van der Waals surface area contributed by atoms with Crippen molar-refractivity contribution in [1.82, 2.24) is 0 Å². The standard InChI is InChI=1S/C28H46O3Si/c1-18(17-31-32(7,8)26(2,3)4)21-9-10-22-25-23(12-14-28(21,22)6)27(5)13-11-20(29)15-19(27)16-24(25)30/h11,13,15,18,21-25,30H,9-10,12,14,16-17H2,1-8H3/t18-,21-,22+,23+,24?,25+,27+,28-/m1/s1. The van der Waals surface area contributed by atoms with Gasteiger partial charge in [0.15, 0.2) is 14.1 Å². The average Bonchev–Trinajstić information content (AvgIpc) is 3.04. The summed E-state index contributed by atoms with van der Waals surface area (Å²) in [6, 6.07) is 0. The van der Waals surface area contributed by atoms with Crippen molar-refractivity contribution in [1.29, 1.82) is 0 Å². The number of aliphatic hydroxyl groups excluding tert-OH is 1. The number of hydrogen-bond acceptors (Lipinski definition) is 3. The van der Waals surface area contributed by atoms with Crippen LogP contribution < -0.4 is 0 Å². The van der Waals surface area contributed by atoms with Crippen LogP contribution in [-0.2, 0) is 9.22 Å². The molecule has 4 aliphatic rings. The summed E-state index contributed by atoms with van der Waals surface area (Å²) in [6.45, 7) is 19.8. The lowest BCUT2D eigenvalue weighted by atomic mass is 9.46. The van der Waals surface area contributed by atoms with Crippen molar-refractivity contribution in [3.8, 4) is 0 Å². The fraction of sp³-hybridized carbons (Fsp3) is 0.821. The summed E-state index contributed by atoms with van der Waals surface area (Å²) in [6.07, 6.45) is 10.9. The highest BCUT2D eigenvalue weighted by Gasteiger charge is 2.61. The highest BCUT2D eigenvalue weighted by atomic mass is 28.4. The zero-order valence-corrected chi connectivity index (χ0v) is 22.7. The molecule has 1 unspecified atom stereocenters. The average molecular weight is 459 g/mol. The van der Waals surface area contributed by atoms with E-state index in [9.17, 15) is 9.90 Å². The first kappa shape index (κ1) is 24.4. The molecule has 4 rings (SSSR count). The first-order chi connectivity index (χ1) is 14.7. The third-order valence-corrected chi connectivity index (χ3v) is 15.4. The van der Waals surface area contributed by atoms with E-state index >= 15 is 0 Å². The summed E-state index contributed by atoms with van der Waals surface area (Å²) in [5.41, 5.74) is 1.38. The Morgan fingerprint density at radius 1 is 1.19 bits per heavy atom. The third kappa shape index (κ3) is 3.73. The molecule has 3 saturated carbocycles. The van der Waals surface area contributed by atoms with Gasteiger partial charge in [-0.15, -0.1) is 0 Å². The van der Waals surface area contributed by atoms with Gasteiger partial charge in [-0.05, 0) is 97.4 Å². The Morgan fingerprint density at radius 2 is 1.88 bits per heavy atom. The predicted octanol–water partition coefficient (Wildman–Crippen LogP) is 6.54. The summed E-state index contributed by atoms with van der Waals surface area (Å²) in [4.78, 5) is 12.0. The molecule has 0 spiro atoms. The number of rotatable bonds is 4. The zero-order valence-electron chi connectivity index (χ0n) is 21.7. The van der Waals surface area contributed by atoms with Gasteiger partial charge < -0.3 is 9.53 Å². The van der Waals surface area contributed by atoms with Gasteiger partial charge >= 0.3 is 0 Å². The van der Waals surface area contributed by atoms with Gasteiger partial charge in [0.05, 0.1) is 6.10 Å². The van der Waals surface area contributed by atoms with Gasteiger partial charge in [-0.2, -0.15) is 0 Å². The van der Waals surface area contributed by atoms with Crippen molar-refractivity contribution in [2.75, 3.05) is 6.61 Å². The van der Waals surface area contributed by atoms with Crippen molar-refractivity contribution < 1.29 is 14.3 Å². The fourth-order valence-corrected chi connectivity index (χ4v) is 8.93. The van der Waals surface area contributed by atoms with Crippen LogP contribution in [0.3, 0.4) is 0 Å². The quantitative estimate of drug-likeness (QED) is 0.487. The van der Waals surface area contributed by atoms with Gasteiger partial charge in [0.25, 0.3) is 0 Å². The second kappa shape index (κ2) is 7.92. The van der Waals surface area contributed by atoms with Crippen LogP contribution in [0.4, 0.5) is 0 Å². The number of hydrogen-bond donors (Lipinski definition) is 1. The van der Waals surface area contributed by atoms with Crippen LogP contribution in [0.25, 0.3) is 0 Å². The lowest BCUT2D eigenvalue weighted by Gasteiger charge is -2.59. The Kier molecular flexibility index (Phi) is 6.04. The molecule has 32 heavy (non-hydrogen) atoms. The molecule has 0 aliphatic heterocycles. The second-order valence-corrected chi connectivity index (χ2v) is 18.3. The first-order valence-electron chi connectivity index (χ1n) is 13.0. The van der Waals surface area contributed by atoms with Crippen molar-refractivity contribution in [3.63, 3.8) is 0 Å². The van der Waals surface area contributed by atoms with Gasteiger partial charge in [0.2, 0.25) is 0 Å². The van der Waals surface area contributed by atoms with E-state index in [2.05, 4.69) is 60.7 Å². The maximum Gasteiger partial charge on any atom is 0.191 e. The van der Waals surface area contributed by atoms with E-state index in [-0.39, 0.29) is 27.8 Å². The molecule has 0 heterocycles. The van der Waals surface area contributed by atoms with Crippen LogP contribution in [0.5, 0.6) is 0 Å². The summed E-state index contributed by atoms with van der Waals surface area (Å²) in [5, 5.41) is 11.6.